The van der Waals surface area contributed by atoms with Crippen molar-refractivity contribution in [2.75, 3.05) is 0 Å². The molecule has 0 fully saturated rings. The molecular formula is C14H12N2O. The molecule has 3 nitrogen and oxygen atoms in total. The first-order chi connectivity index (χ1) is 8.34. The van der Waals surface area contributed by atoms with Crippen molar-refractivity contribution in [1.82, 2.24) is 9.38 Å². The van der Waals surface area contributed by atoms with Gasteiger partial charge in [0, 0.05) is 12.6 Å². The molecule has 0 radical (unpaired) electrons. The summed E-state index contributed by atoms with van der Waals surface area (Å²) in [6, 6.07) is 15.7. The lowest BCUT2D eigenvalue weighted by atomic mass is 10.1. The Labute approximate surface area is 99.0 Å². The summed E-state index contributed by atoms with van der Waals surface area (Å²) in [5.74, 6) is 0.226. The lowest BCUT2D eigenvalue weighted by molar-refractivity contribution is 0.442. The second-order valence-corrected chi connectivity index (χ2v) is 3.97. The van der Waals surface area contributed by atoms with Gasteiger partial charge in [-0.1, -0.05) is 36.4 Å². The molecule has 17 heavy (non-hydrogen) atoms. The van der Waals surface area contributed by atoms with Gasteiger partial charge < -0.3 is 5.11 Å². The summed E-state index contributed by atoms with van der Waals surface area (Å²) in [5.41, 5.74) is 2.63. The van der Waals surface area contributed by atoms with Crippen LogP contribution in [0.1, 0.15) is 11.3 Å². The number of hydrogen-bond donors (Lipinski definition) is 1. The number of hydrogen-bond acceptors (Lipinski definition) is 2. The van der Waals surface area contributed by atoms with Crippen LogP contribution < -0.4 is 0 Å². The largest absolute Gasteiger partial charge is 0.493 e. The van der Waals surface area contributed by atoms with E-state index in [1.54, 1.807) is 4.40 Å². The van der Waals surface area contributed by atoms with E-state index < -0.39 is 0 Å². The SMILES string of the molecule is Oc1c(Cc2ccccc2)nc2ccccn12. The molecule has 1 aromatic carbocycles. The molecule has 0 saturated heterocycles. The van der Waals surface area contributed by atoms with E-state index in [2.05, 4.69) is 4.98 Å². The zero-order valence-corrected chi connectivity index (χ0v) is 9.24. The summed E-state index contributed by atoms with van der Waals surface area (Å²) in [6.07, 6.45) is 2.46. The topological polar surface area (TPSA) is 37.5 Å². The predicted octanol–water partition coefficient (Wildman–Crippen LogP) is 2.63. The summed E-state index contributed by atoms with van der Waals surface area (Å²) >= 11 is 0. The minimum atomic E-state index is 0.226. The van der Waals surface area contributed by atoms with E-state index in [1.807, 2.05) is 54.7 Å². The number of aromatic hydroxyl groups is 1. The molecule has 3 heteroatoms. The maximum Gasteiger partial charge on any atom is 0.219 e. The van der Waals surface area contributed by atoms with Crippen molar-refractivity contribution < 1.29 is 5.11 Å². The number of rotatable bonds is 2. The second kappa shape index (κ2) is 3.94. The predicted molar refractivity (Wildman–Crippen MR) is 66.1 cm³/mol. The highest BCUT2D eigenvalue weighted by molar-refractivity contribution is 5.46. The highest BCUT2D eigenvalue weighted by Gasteiger charge is 2.10. The first kappa shape index (κ1) is 9.90. The molecular weight excluding hydrogens is 212 g/mol. The van der Waals surface area contributed by atoms with Crippen LogP contribution in [0.4, 0.5) is 0 Å². The Morgan fingerprint density at radius 2 is 1.76 bits per heavy atom. The van der Waals surface area contributed by atoms with Gasteiger partial charge in [0.2, 0.25) is 5.88 Å². The fourth-order valence-corrected chi connectivity index (χ4v) is 1.94. The number of nitrogens with zero attached hydrogens (tertiary/aromatic N) is 2. The van der Waals surface area contributed by atoms with E-state index in [4.69, 9.17) is 0 Å². The molecule has 0 unspecified atom stereocenters. The van der Waals surface area contributed by atoms with Gasteiger partial charge in [-0.25, -0.2) is 4.98 Å². The third kappa shape index (κ3) is 1.76. The van der Waals surface area contributed by atoms with Crippen molar-refractivity contribution >= 4 is 5.65 Å². The van der Waals surface area contributed by atoms with E-state index in [1.165, 1.54) is 0 Å². The highest BCUT2D eigenvalue weighted by Crippen LogP contribution is 2.21. The smallest absolute Gasteiger partial charge is 0.219 e. The van der Waals surface area contributed by atoms with Gasteiger partial charge in [0.25, 0.3) is 0 Å². The zero-order valence-electron chi connectivity index (χ0n) is 9.24. The molecule has 0 aliphatic rings. The van der Waals surface area contributed by atoms with Gasteiger partial charge in [0.1, 0.15) is 11.3 Å². The van der Waals surface area contributed by atoms with Crippen LogP contribution in [-0.2, 0) is 6.42 Å². The normalized spacial score (nSPS) is 10.8. The molecule has 2 heterocycles. The fourth-order valence-electron chi connectivity index (χ4n) is 1.94. The van der Waals surface area contributed by atoms with Crippen LogP contribution >= 0.6 is 0 Å². The summed E-state index contributed by atoms with van der Waals surface area (Å²) in [7, 11) is 0. The number of imidazole rings is 1. The summed E-state index contributed by atoms with van der Waals surface area (Å²) in [6.45, 7) is 0. The standard InChI is InChI=1S/C14H12N2O/c17-14-12(10-11-6-2-1-3-7-11)15-13-8-4-5-9-16(13)14/h1-9,17H,10H2. The van der Waals surface area contributed by atoms with Gasteiger partial charge in [0.15, 0.2) is 0 Å². The van der Waals surface area contributed by atoms with Crippen LogP contribution in [0, 0.1) is 0 Å². The molecule has 0 saturated carbocycles. The fraction of sp³-hybridized carbons (Fsp3) is 0.0714. The van der Waals surface area contributed by atoms with E-state index in [9.17, 15) is 5.11 Å². The summed E-state index contributed by atoms with van der Waals surface area (Å²) < 4.78 is 1.69. The number of pyridine rings is 1. The monoisotopic (exact) mass is 224 g/mol. The van der Waals surface area contributed by atoms with Crippen LogP contribution in [-0.4, -0.2) is 14.5 Å². The van der Waals surface area contributed by atoms with E-state index in [0.717, 1.165) is 11.2 Å². The minimum Gasteiger partial charge on any atom is -0.493 e. The molecule has 84 valence electrons. The number of benzene rings is 1. The third-order valence-electron chi connectivity index (χ3n) is 2.79. The summed E-state index contributed by atoms with van der Waals surface area (Å²) in [4.78, 5) is 4.42. The van der Waals surface area contributed by atoms with Crippen molar-refractivity contribution in [2.24, 2.45) is 0 Å². The molecule has 0 atom stereocenters. The third-order valence-corrected chi connectivity index (χ3v) is 2.79. The maximum atomic E-state index is 10.1. The Bertz CT molecular complexity index is 644. The van der Waals surface area contributed by atoms with Crippen molar-refractivity contribution in [3.8, 4) is 5.88 Å². The van der Waals surface area contributed by atoms with Crippen molar-refractivity contribution in [1.29, 1.82) is 0 Å². The van der Waals surface area contributed by atoms with Crippen LogP contribution in [0.3, 0.4) is 0 Å². The molecule has 3 rings (SSSR count). The van der Waals surface area contributed by atoms with Gasteiger partial charge in [-0.15, -0.1) is 0 Å². The lowest BCUT2D eigenvalue weighted by Crippen LogP contribution is -1.88. The average Bonchev–Trinajstić information content (AvgIpc) is 2.68. The molecule has 0 amide bonds. The lowest BCUT2D eigenvalue weighted by Gasteiger charge is -1.98. The molecule has 0 spiro atoms. The van der Waals surface area contributed by atoms with Crippen molar-refractivity contribution in [2.45, 2.75) is 6.42 Å². The van der Waals surface area contributed by atoms with Crippen molar-refractivity contribution in [3.63, 3.8) is 0 Å². The van der Waals surface area contributed by atoms with Crippen LogP contribution in [0.15, 0.2) is 54.7 Å². The summed E-state index contributed by atoms with van der Waals surface area (Å²) in [5, 5.41) is 10.1. The Morgan fingerprint density at radius 3 is 2.53 bits per heavy atom. The molecule has 0 aliphatic carbocycles. The molecule has 2 aromatic heterocycles. The highest BCUT2D eigenvalue weighted by atomic mass is 16.3. The van der Waals surface area contributed by atoms with Gasteiger partial charge in [-0.05, 0) is 17.7 Å². The van der Waals surface area contributed by atoms with Gasteiger partial charge in [-0.3, -0.25) is 4.40 Å². The first-order valence-electron chi connectivity index (χ1n) is 5.53. The Balaban J connectivity index is 2.04. The number of aromatic nitrogens is 2. The molecule has 3 aromatic rings. The average molecular weight is 224 g/mol. The zero-order chi connectivity index (χ0) is 11.7. The first-order valence-corrected chi connectivity index (χ1v) is 5.53. The maximum absolute atomic E-state index is 10.1. The van der Waals surface area contributed by atoms with Crippen LogP contribution in [0.5, 0.6) is 5.88 Å². The number of fused-ring (bicyclic) bond motifs is 1. The van der Waals surface area contributed by atoms with Gasteiger partial charge in [0.05, 0.1) is 0 Å². The molecule has 1 N–H and O–H groups in total. The van der Waals surface area contributed by atoms with E-state index in [0.29, 0.717) is 12.1 Å². The molecule has 0 bridgehead atoms. The Kier molecular flexibility index (Phi) is 2.29. The Morgan fingerprint density at radius 1 is 1.00 bits per heavy atom. The molecule has 0 aliphatic heterocycles. The van der Waals surface area contributed by atoms with Gasteiger partial charge in [-0.2, -0.15) is 0 Å². The van der Waals surface area contributed by atoms with Crippen LogP contribution in [0.2, 0.25) is 0 Å². The van der Waals surface area contributed by atoms with Gasteiger partial charge >= 0.3 is 0 Å². The van der Waals surface area contributed by atoms with E-state index >= 15 is 0 Å². The quantitative estimate of drug-likeness (QED) is 0.726. The van der Waals surface area contributed by atoms with Crippen molar-refractivity contribution in [3.05, 3.63) is 66.0 Å². The second-order valence-electron chi connectivity index (χ2n) is 3.97. The Hall–Kier alpha value is -2.29. The van der Waals surface area contributed by atoms with E-state index in [-0.39, 0.29) is 5.88 Å². The van der Waals surface area contributed by atoms with Crippen LogP contribution in [0.25, 0.3) is 5.65 Å². The minimum absolute atomic E-state index is 0.226.